The van der Waals surface area contributed by atoms with Crippen molar-refractivity contribution < 1.29 is 23.8 Å². The average Bonchev–Trinajstić information content (AvgIpc) is 2.82. The van der Waals surface area contributed by atoms with Gasteiger partial charge in [0.1, 0.15) is 5.76 Å². The Hall–Kier alpha value is -1.82. The summed E-state index contributed by atoms with van der Waals surface area (Å²) in [4.78, 5) is 22.0. The fourth-order valence-corrected chi connectivity index (χ4v) is 1.31. The minimum absolute atomic E-state index is 0.0398. The maximum Gasteiger partial charge on any atom is 0.371 e. The Balaban J connectivity index is 2.31. The maximum absolute atomic E-state index is 11.5. The fraction of sp³-hybridized carbons (Fsp3) is 0.500. The molecule has 1 aromatic heterocycles. The van der Waals surface area contributed by atoms with Crippen molar-refractivity contribution in [2.24, 2.45) is 0 Å². The van der Waals surface area contributed by atoms with E-state index in [0.29, 0.717) is 18.6 Å². The molecule has 1 heterocycles. The second-order valence-electron chi connectivity index (χ2n) is 3.93. The van der Waals surface area contributed by atoms with Crippen LogP contribution in [0.1, 0.15) is 36.1 Å². The van der Waals surface area contributed by atoms with Crippen LogP contribution in [0.5, 0.6) is 0 Å². The minimum atomic E-state index is -1.12. The van der Waals surface area contributed by atoms with E-state index in [1.54, 1.807) is 7.11 Å². The van der Waals surface area contributed by atoms with Crippen molar-refractivity contribution in [2.45, 2.75) is 32.4 Å². The van der Waals surface area contributed by atoms with Gasteiger partial charge in [-0.05, 0) is 25.5 Å². The van der Waals surface area contributed by atoms with Crippen LogP contribution in [0.25, 0.3) is 0 Å². The number of aromatic carboxylic acids is 1. The predicted octanol–water partition coefficient (Wildman–Crippen LogP) is 1.41. The number of nitrogens with one attached hydrogen (secondary N) is 1. The quantitative estimate of drug-likeness (QED) is 0.769. The Morgan fingerprint density at radius 2 is 2.22 bits per heavy atom. The van der Waals surface area contributed by atoms with Crippen LogP contribution in [0.4, 0.5) is 0 Å². The third-order valence-electron chi connectivity index (χ3n) is 2.51. The van der Waals surface area contributed by atoms with Crippen LogP contribution in [0.15, 0.2) is 16.5 Å². The molecule has 0 saturated heterocycles. The average molecular weight is 255 g/mol. The summed E-state index contributed by atoms with van der Waals surface area (Å²) in [6.07, 6.45) is 1.04. The van der Waals surface area contributed by atoms with Crippen LogP contribution >= 0.6 is 0 Å². The first-order valence-corrected chi connectivity index (χ1v) is 5.64. The molecule has 0 aromatic carbocycles. The summed E-state index contributed by atoms with van der Waals surface area (Å²) < 4.78 is 10.0. The van der Waals surface area contributed by atoms with E-state index < -0.39 is 5.97 Å². The van der Waals surface area contributed by atoms with Gasteiger partial charge in [-0.3, -0.25) is 4.79 Å². The van der Waals surface area contributed by atoms with E-state index in [-0.39, 0.29) is 24.3 Å². The van der Waals surface area contributed by atoms with Gasteiger partial charge in [-0.15, -0.1) is 0 Å². The molecule has 0 bridgehead atoms. The standard InChI is InChI=1S/C12H17NO5/c1-8(17-2)3-6-11(14)13-7-9-4-5-10(18-9)12(15)16/h4-5,8H,3,6-7H2,1-2H3,(H,13,14)(H,15,16). The molecule has 100 valence electrons. The van der Waals surface area contributed by atoms with E-state index in [2.05, 4.69) is 5.32 Å². The van der Waals surface area contributed by atoms with Crippen molar-refractivity contribution in [3.8, 4) is 0 Å². The molecule has 0 radical (unpaired) electrons. The lowest BCUT2D eigenvalue weighted by molar-refractivity contribution is -0.121. The summed E-state index contributed by atoms with van der Waals surface area (Å²) in [5, 5.41) is 11.3. The first-order valence-electron chi connectivity index (χ1n) is 5.64. The molecular formula is C12H17NO5. The fourth-order valence-electron chi connectivity index (χ4n) is 1.31. The summed E-state index contributed by atoms with van der Waals surface area (Å²) in [5.41, 5.74) is 0. The van der Waals surface area contributed by atoms with Gasteiger partial charge in [0.15, 0.2) is 0 Å². The first-order chi connectivity index (χ1) is 8.52. The van der Waals surface area contributed by atoms with Gasteiger partial charge >= 0.3 is 5.97 Å². The second kappa shape index (κ2) is 6.80. The van der Waals surface area contributed by atoms with E-state index in [4.69, 9.17) is 14.3 Å². The highest BCUT2D eigenvalue weighted by Crippen LogP contribution is 2.07. The lowest BCUT2D eigenvalue weighted by Crippen LogP contribution is -2.23. The highest BCUT2D eigenvalue weighted by Gasteiger charge is 2.10. The summed E-state index contributed by atoms with van der Waals surface area (Å²) in [7, 11) is 1.60. The maximum atomic E-state index is 11.5. The van der Waals surface area contributed by atoms with E-state index in [1.807, 2.05) is 6.92 Å². The van der Waals surface area contributed by atoms with Crippen molar-refractivity contribution in [1.82, 2.24) is 5.32 Å². The molecule has 2 N–H and O–H groups in total. The van der Waals surface area contributed by atoms with E-state index in [1.165, 1.54) is 12.1 Å². The van der Waals surface area contributed by atoms with Gasteiger partial charge < -0.3 is 19.6 Å². The Labute approximate surface area is 105 Å². The van der Waals surface area contributed by atoms with Crippen molar-refractivity contribution in [2.75, 3.05) is 7.11 Å². The number of furan rings is 1. The molecule has 1 unspecified atom stereocenters. The lowest BCUT2D eigenvalue weighted by atomic mass is 10.2. The van der Waals surface area contributed by atoms with Gasteiger partial charge in [0.05, 0.1) is 12.6 Å². The zero-order valence-electron chi connectivity index (χ0n) is 10.4. The Kier molecular flexibility index (Phi) is 5.38. The third kappa shape index (κ3) is 4.58. The number of carbonyl (C=O) groups excluding carboxylic acids is 1. The lowest BCUT2D eigenvalue weighted by Gasteiger charge is -2.08. The highest BCUT2D eigenvalue weighted by molar-refractivity contribution is 5.84. The van der Waals surface area contributed by atoms with Crippen LogP contribution in [0, 0.1) is 0 Å². The van der Waals surface area contributed by atoms with E-state index in [0.717, 1.165) is 0 Å². The number of amides is 1. The number of rotatable bonds is 7. The van der Waals surface area contributed by atoms with Crippen LogP contribution in [0.2, 0.25) is 0 Å². The van der Waals surface area contributed by atoms with Crippen LogP contribution in [-0.2, 0) is 16.1 Å². The molecule has 1 aromatic rings. The Morgan fingerprint density at radius 1 is 1.50 bits per heavy atom. The van der Waals surface area contributed by atoms with Crippen molar-refractivity contribution in [3.05, 3.63) is 23.7 Å². The normalized spacial score (nSPS) is 12.1. The SMILES string of the molecule is COC(C)CCC(=O)NCc1ccc(C(=O)O)o1. The molecule has 0 aliphatic rings. The summed E-state index contributed by atoms with van der Waals surface area (Å²) in [6.45, 7) is 2.08. The largest absolute Gasteiger partial charge is 0.475 e. The van der Waals surface area contributed by atoms with Crippen LogP contribution in [-0.4, -0.2) is 30.2 Å². The molecule has 0 spiro atoms. The summed E-state index contributed by atoms with van der Waals surface area (Å²) in [6, 6.07) is 2.89. The zero-order valence-corrected chi connectivity index (χ0v) is 10.4. The Bertz CT molecular complexity index is 412. The molecule has 18 heavy (non-hydrogen) atoms. The Morgan fingerprint density at radius 3 is 2.78 bits per heavy atom. The third-order valence-corrected chi connectivity index (χ3v) is 2.51. The minimum Gasteiger partial charge on any atom is -0.475 e. The number of carboxylic acids is 1. The van der Waals surface area contributed by atoms with Gasteiger partial charge in [0, 0.05) is 13.5 Å². The van der Waals surface area contributed by atoms with Gasteiger partial charge in [-0.25, -0.2) is 4.79 Å². The molecule has 0 fully saturated rings. The van der Waals surface area contributed by atoms with Crippen LogP contribution in [0.3, 0.4) is 0 Å². The van der Waals surface area contributed by atoms with Crippen molar-refractivity contribution in [3.63, 3.8) is 0 Å². The van der Waals surface area contributed by atoms with E-state index >= 15 is 0 Å². The van der Waals surface area contributed by atoms with Gasteiger partial charge in [0.2, 0.25) is 11.7 Å². The molecule has 0 aliphatic carbocycles. The number of hydrogen-bond acceptors (Lipinski definition) is 4. The van der Waals surface area contributed by atoms with E-state index in [9.17, 15) is 9.59 Å². The van der Waals surface area contributed by atoms with Gasteiger partial charge in [-0.2, -0.15) is 0 Å². The highest BCUT2D eigenvalue weighted by atomic mass is 16.5. The molecule has 1 atom stereocenters. The number of ether oxygens (including phenoxy) is 1. The molecule has 0 saturated carbocycles. The number of hydrogen-bond donors (Lipinski definition) is 2. The molecular weight excluding hydrogens is 238 g/mol. The predicted molar refractivity (Wildman–Crippen MR) is 63.2 cm³/mol. The van der Waals surface area contributed by atoms with Gasteiger partial charge in [-0.1, -0.05) is 0 Å². The topological polar surface area (TPSA) is 88.8 Å². The smallest absolute Gasteiger partial charge is 0.371 e. The molecule has 1 rings (SSSR count). The van der Waals surface area contributed by atoms with Gasteiger partial charge in [0.25, 0.3) is 0 Å². The number of methoxy groups -OCH3 is 1. The second-order valence-corrected chi connectivity index (χ2v) is 3.93. The first kappa shape index (κ1) is 14.2. The molecule has 6 heteroatoms. The van der Waals surface area contributed by atoms with Crippen molar-refractivity contribution >= 4 is 11.9 Å². The van der Waals surface area contributed by atoms with Crippen molar-refractivity contribution in [1.29, 1.82) is 0 Å². The molecule has 0 aliphatic heterocycles. The number of carbonyl (C=O) groups is 2. The molecule has 6 nitrogen and oxygen atoms in total. The zero-order chi connectivity index (χ0) is 13.5. The summed E-state index contributed by atoms with van der Waals surface area (Å²) in [5.74, 6) is -0.957. The van der Waals surface area contributed by atoms with Crippen LogP contribution < -0.4 is 5.32 Å². The summed E-state index contributed by atoms with van der Waals surface area (Å²) >= 11 is 0. The molecule has 1 amide bonds. The number of carboxylic acid groups (broad SMARTS) is 1. The monoisotopic (exact) mass is 255 g/mol.